The van der Waals surface area contributed by atoms with Gasteiger partial charge in [-0.3, -0.25) is 4.79 Å². The number of carbonyl (C=O) groups is 1. The summed E-state index contributed by atoms with van der Waals surface area (Å²) in [4.78, 5) is 16.7. The Morgan fingerprint density at radius 1 is 1.16 bits per heavy atom. The Kier molecular flexibility index (Phi) is 4.82. The van der Waals surface area contributed by atoms with E-state index in [0.717, 1.165) is 15.4 Å². The van der Waals surface area contributed by atoms with Crippen LogP contribution in [0.3, 0.4) is 0 Å². The molecular weight excluding hydrogens is 499 g/mol. The normalized spacial score (nSPS) is 15.6. The average Bonchev–Trinajstić information content (AvgIpc) is 3.04. The standard InChI is InChI=1S/C21H17BrF3NO4S/c1-4-10-7-13-14(9-16(10)30-31(28,29)21(23,24)25)20(2,3)19-17(18(13)27)12-6-5-11(22)8-15(12)26-19/h5-9,26H,4H2,1-3H3. The van der Waals surface area contributed by atoms with Crippen molar-refractivity contribution in [3.05, 3.63) is 62.8 Å². The quantitative estimate of drug-likeness (QED) is 0.364. The van der Waals surface area contributed by atoms with Gasteiger partial charge in [0.05, 0.1) is 5.56 Å². The average molecular weight is 516 g/mol. The fraction of sp³-hybridized carbons (Fsp3) is 0.286. The second-order valence-corrected chi connectivity index (χ2v) is 10.3. The minimum absolute atomic E-state index is 0.178. The van der Waals surface area contributed by atoms with Crippen LogP contribution in [0.15, 0.2) is 34.8 Å². The zero-order chi connectivity index (χ0) is 22.9. The van der Waals surface area contributed by atoms with Gasteiger partial charge in [0.25, 0.3) is 0 Å². The predicted octanol–water partition coefficient (Wildman–Crippen LogP) is 5.59. The smallest absolute Gasteiger partial charge is 0.376 e. The zero-order valence-corrected chi connectivity index (χ0v) is 19.0. The highest BCUT2D eigenvalue weighted by Crippen LogP contribution is 2.46. The van der Waals surface area contributed by atoms with E-state index in [1.165, 1.54) is 12.1 Å². The van der Waals surface area contributed by atoms with Crippen molar-refractivity contribution in [2.24, 2.45) is 0 Å². The summed E-state index contributed by atoms with van der Waals surface area (Å²) < 4.78 is 67.1. The van der Waals surface area contributed by atoms with E-state index in [2.05, 4.69) is 25.1 Å². The number of H-pyrrole nitrogens is 1. The molecule has 0 saturated heterocycles. The van der Waals surface area contributed by atoms with Gasteiger partial charge < -0.3 is 9.17 Å². The number of fused-ring (bicyclic) bond motifs is 4. The van der Waals surface area contributed by atoms with E-state index in [1.807, 2.05) is 32.0 Å². The number of hydrogen-bond donors (Lipinski definition) is 1. The molecule has 0 spiro atoms. The summed E-state index contributed by atoms with van der Waals surface area (Å²) in [6.07, 6.45) is 0.178. The highest BCUT2D eigenvalue weighted by atomic mass is 79.9. The van der Waals surface area contributed by atoms with Crippen LogP contribution in [-0.4, -0.2) is 24.7 Å². The van der Waals surface area contributed by atoms with Gasteiger partial charge in [-0.05, 0) is 41.8 Å². The van der Waals surface area contributed by atoms with Crippen LogP contribution in [0.5, 0.6) is 5.75 Å². The van der Waals surface area contributed by atoms with Gasteiger partial charge in [-0.15, -0.1) is 0 Å². The van der Waals surface area contributed by atoms with Crippen LogP contribution in [0, 0.1) is 0 Å². The molecule has 1 aromatic heterocycles. The fourth-order valence-corrected chi connectivity index (χ4v) is 4.84. The Morgan fingerprint density at radius 2 is 1.84 bits per heavy atom. The lowest BCUT2D eigenvalue weighted by molar-refractivity contribution is -0.0500. The molecule has 164 valence electrons. The van der Waals surface area contributed by atoms with Crippen LogP contribution in [0.25, 0.3) is 10.9 Å². The Morgan fingerprint density at radius 3 is 2.45 bits per heavy atom. The molecule has 3 aromatic rings. The molecule has 4 rings (SSSR count). The topological polar surface area (TPSA) is 76.2 Å². The first-order valence-electron chi connectivity index (χ1n) is 9.32. The minimum Gasteiger partial charge on any atom is -0.376 e. The summed E-state index contributed by atoms with van der Waals surface area (Å²) >= 11 is 3.40. The number of aryl methyl sites for hydroxylation is 1. The van der Waals surface area contributed by atoms with Crippen molar-refractivity contribution < 1.29 is 30.6 Å². The third-order valence-corrected chi connectivity index (χ3v) is 7.05. The molecule has 5 nitrogen and oxygen atoms in total. The zero-order valence-electron chi connectivity index (χ0n) is 16.6. The maximum absolute atomic E-state index is 13.4. The van der Waals surface area contributed by atoms with Crippen LogP contribution in [-0.2, 0) is 22.0 Å². The van der Waals surface area contributed by atoms with Gasteiger partial charge in [0.2, 0.25) is 0 Å². The Labute approximate surface area is 184 Å². The lowest BCUT2D eigenvalue weighted by atomic mass is 9.70. The molecular formula is C21H17BrF3NO4S. The summed E-state index contributed by atoms with van der Waals surface area (Å²) in [7, 11) is -5.84. The maximum Gasteiger partial charge on any atom is 0.534 e. The molecule has 10 heteroatoms. The Hall–Kier alpha value is -2.33. The first kappa shape index (κ1) is 21.9. The van der Waals surface area contributed by atoms with E-state index in [-0.39, 0.29) is 17.8 Å². The lowest BCUT2D eigenvalue weighted by Crippen LogP contribution is -2.32. The van der Waals surface area contributed by atoms with Gasteiger partial charge >= 0.3 is 15.6 Å². The fourth-order valence-electron chi connectivity index (χ4n) is 3.99. The molecule has 0 amide bonds. The number of alkyl halides is 3. The summed E-state index contributed by atoms with van der Waals surface area (Å²) in [6.45, 7) is 5.27. The van der Waals surface area contributed by atoms with Crippen molar-refractivity contribution in [2.75, 3.05) is 0 Å². The van der Waals surface area contributed by atoms with E-state index >= 15 is 0 Å². The second-order valence-electron chi connectivity index (χ2n) is 7.86. The largest absolute Gasteiger partial charge is 0.534 e. The Bertz CT molecular complexity index is 1360. The van der Waals surface area contributed by atoms with Crippen LogP contribution in [0.4, 0.5) is 13.2 Å². The van der Waals surface area contributed by atoms with Gasteiger partial charge in [-0.2, -0.15) is 21.6 Å². The summed E-state index contributed by atoms with van der Waals surface area (Å²) in [5.41, 5.74) is -3.64. The molecule has 0 radical (unpaired) electrons. The number of benzene rings is 2. The van der Waals surface area contributed by atoms with Crippen molar-refractivity contribution in [2.45, 2.75) is 38.1 Å². The third kappa shape index (κ3) is 3.27. The maximum atomic E-state index is 13.4. The van der Waals surface area contributed by atoms with E-state index in [4.69, 9.17) is 0 Å². The number of nitrogens with one attached hydrogen (secondary N) is 1. The van der Waals surface area contributed by atoms with Crippen LogP contribution >= 0.6 is 15.9 Å². The van der Waals surface area contributed by atoms with Crippen molar-refractivity contribution in [1.82, 2.24) is 4.98 Å². The number of aromatic amines is 1. The SMILES string of the molecule is CCc1cc2c(cc1OS(=O)(=O)C(F)(F)F)C(C)(C)c1[nH]c3cc(Br)ccc3c1C2=O. The molecule has 1 heterocycles. The number of halogens is 4. The van der Waals surface area contributed by atoms with Crippen molar-refractivity contribution in [3.63, 3.8) is 0 Å². The molecule has 1 N–H and O–H groups in total. The second kappa shape index (κ2) is 6.83. The highest BCUT2D eigenvalue weighted by molar-refractivity contribution is 9.10. The number of hydrogen-bond acceptors (Lipinski definition) is 4. The minimum atomic E-state index is -5.84. The third-order valence-electron chi connectivity index (χ3n) is 5.60. The molecule has 0 fully saturated rings. The molecule has 1 aliphatic carbocycles. The number of ketones is 1. The van der Waals surface area contributed by atoms with E-state index in [0.29, 0.717) is 22.4 Å². The van der Waals surface area contributed by atoms with Crippen molar-refractivity contribution in [1.29, 1.82) is 0 Å². The monoisotopic (exact) mass is 515 g/mol. The number of carbonyl (C=O) groups excluding carboxylic acids is 1. The first-order chi connectivity index (χ1) is 14.3. The Balaban J connectivity index is 1.95. The molecule has 31 heavy (non-hydrogen) atoms. The van der Waals surface area contributed by atoms with E-state index in [9.17, 15) is 26.4 Å². The van der Waals surface area contributed by atoms with Crippen LogP contribution in [0.1, 0.15) is 53.5 Å². The number of aromatic nitrogens is 1. The molecule has 2 aromatic carbocycles. The summed E-state index contributed by atoms with van der Waals surface area (Å²) in [5.74, 6) is -0.709. The lowest BCUT2D eigenvalue weighted by Gasteiger charge is -2.33. The van der Waals surface area contributed by atoms with E-state index in [1.54, 1.807) is 6.92 Å². The molecule has 0 saturated carbocycles. The first-order valence-corrected chi connectivity index (χ1v) is 11.5. The van der Waals surface area contributed by atoms with Crippen LogP contribution in [0.2, 0.25) is 0 Å². The molecule has 0 atom stereocenters. The molecule has 0 bridgehead atoms. The van der Waals surface area contributed by atoms with Gasteiger partial charge in [-0.1, -0.05) is 42.8 Å². The van der Waals surface area contributed by atoms with E-state index < -0.39 is 26.8 Å². The van der Waals surface area contributed by atoms with Gasteiger partial charge in [-0.25, -0.2) is 0 Å². The summed E-state index contributed by atoms with van der Waals surface area (Å²) in [6, 6.07) is 8.15. The van der Waals surface area contributed by atoms with Crippen molar-refractivity contribution in [3.8, 4) is 5.75 Å². The number of rotatable bonds is 3. The summed E-state index contributed by atoms with van der Waals surface area (Å²) in [5, 5.41) is 0.736. The molecule has 0 aliphatic heterocycles. The van der Waals surface area contributed by atoms with Gasteiger partial charge in [0.15, 0.2) is 5.78 Å². The van der Waals surface area contributed by atoms with Crippen LogP contribution < -0.4 is 4.18 Å². The van der Waals surface area contributed by atoms with Gasteiger partial charge in [0.1, 0.15) is 5.75 Å². The highest BCUT2D eigenvalue weighted by Gasteiger charge is 2.49. The molecule has 1 aliphatic rings. The van der Waals surface area contributed by atoms with Gasteiger partial charge in [0, 0.05) is 32.0 Å². The predicted molar refractivity (Wildman–Crippen MR) is 113 cm³/mol. The molecule has 0 unspecified atom stereocenters. The van der Waals surface area contributed by atoms with Crippen molar-refractivity contribution >= 4 is 42.7 Å².